The Kier molecular flexibility index (Phi) is 4.15. The van der Waals surface area contributed by atoms with E-state index in [0.29, 0.717) is 13.0 Å². The zero-order valence-corrected chi connectivity index (χ0v) is 12.6. The minimum absolute atomic E-state index is 0.0661. The first kappa shape index (κ1) is 14.4. The van der Waals surface area contributed by atoms with Crippen LogP contribution in [0.1, 0.15) is 38.5 Å². The zero-order chi connectivity index (χ0) is 14.7. The highest BCUT2D eigenvalue weighted by Crippen LogP contribution is 2.43. The molecule has 0 atom stereocenters. The van der Waals surface area contributed by atoms with E-state index in [0.717, 1.165) is 31.6 Å². The number of carbonyl (C=O) groups excluding carboxylic acids is 1. The van der Waals surface area contributed by atoms with E-state index in [1.165, 1.54) is 24.9 Å². The summed E-state index contributed by atoms with van der Waals surface area (Å²) < 4.78 is 0. The lowest BCUT2D eigenvalue weighted by atomic mass is 9.66. The van der Waals surface area contributed by atoms with Gasteiger partial charge >= 0.3 is 0 Å². The van der Waals surface area contributed by atoms with Gasteiger partial charge in [0, 0.05) is 30.9 Å². The van der Waals surface area contributed by atoms with Crippen molar-refractivity contribution >= 4 is 17.3 Å². The molecular weight excluding hydrogens is 262 g/mol. The first-order valence-electron chi connectivity index (χ1n) is 8.06. The summed E-state index contributed by atoms with van der Waals surface area (Å²) in [5.74, 6) is 0.0960. The maximum Gasteiger partial charge on any atom is 0.224 e. The number of hydrogen-bond acceptors (Lipinski definition) is 3. The monoisotopic (exact) mass is 287 g/mol. The van der Waals surface area contributed by atoms with Gasteiger partial charge in [0.05, 0.1) is 0 Å². The third kappa shape index (κ3) is 3.21. The topological polar surface area (TPSA) is 58.4 Å². The van der Waals surface area contributed by atoms with E-state index in [1.807, 2.05) is 12.1 Å². The van der Waals surface area contributed by atoms with Crippen molar-refractivity contribution in [2.45, 2.75) is 38.5 Å². The van der Waals surface area contributed by atoms with Crippen molar-refractivity contribution in [2.75, 3.05) is 29.9 Å². The molecule has 2 fully saturated rings. The van der Waals surface area contributed by atoms with Crippen LogP contribution in [0.3, 0.4) is 0 Å². The predicted molar refractivity (Wildman–Crippen MR) is 86.5 cm³/mol. The molecule has 0 unspecified atom stereocenters. The Bertz CT molecular complexity index is 499. The lowest BCUT2D eigenvalue weighted by Gasteiger charge is -2.40. The van der Waals surface area contributed by atoms with E-state index in [1.54, 1.807) is 0 Å². The molecule has 1 aromatic carbocycles. The summed E-state index contributed by atoms with van der Waals surface area (Å²) in [6, 6.07) is 8.19. The molecule has 1 aliphatic heterocycles. The van der Waals surface area contributed by atoms with Crippen LogP contribution in [0, 0.1) is 5.41 Å². The molecule has 21 heavy (non-hydrogen) atoms. The number of carbonyl (C=O) groups is 1. The maximum atomic E-state index is 12.2. The Morgan fingerprint density at radius 3 is 2.62 bits per heavy atom. The molecule has 4 heteroatoms. The van der Waals surface area contributed by atoms with E-state index in [9.17, 15) is 4.79 Å². The molecule has 2 aliphatic rings. The van der Waals surface area contributed by atoms with Gasteiger partial charge in [-0.3, -0.25) is 4.79 Å². The minimum Gasteiger partial charge on any atom is -0.371 e. The lowest BCUT2D eigenvalue weighted by Crippen LogP contribution is -2.40. The molecule has 1 amide bonds. The van der Waals surface area contributed by atoms with Crippen LogP contribution in [0.4, 0.5) is 11.4 Å². The smallest absolute Gasteiger partial charge is 0.224 e. The highest BCUT2D eigenvalue weighted by atomic mass is 16.1. The van der Waals surface area contributed by atoms with E-state index in [-0.39, 0.29) is 11.3 Å². The van der Waals surface area contributed by atoms with Gasteiger partial charge in [-0.15, -0.1) is 0 Å². The summed E-state index contributed by atoms with van der Waals surface area (Å²) in [5.41, 5.74) is 8.01. The lowest BCUT2D eigenvalue weighted by molar-refractivity contribution is -0.119. The molecule has 1 saturated carbocycles. The third-order valence-corrected chi connectivity index (χ3v) is 4.98. The molecule has 0 bridgehead atoms. The van der Waals surface area contributed by atoms with Gasteiger partial charge in [-0.25, -0.2) is 0 Å². The molecule has 4 nitrogen and oxygen atoms in total. The van der Waals surface area contributed by atoms with E-state index < -0.39 is 0 Å². The number of rotatable bonds is 5. The van der Waals surface area contributed by atoms with Crippen molar-refractivity contribution in [1.82, 2.24) is 0 Å². The highest BCUT2D eigenvalue weighted by molar-refractivity contribution is 5.91. The number of hydrogen-bond donors (Lipinski definition) is 2. The van der Waals surface area contributed by atoms with Crippen molar-refractivity contribution in [3.8, 4) is 0 Å². The first-order valence-corrected chi connectivity index (χ1v) is 8.06. The number of anilines is 2. The molecule has 0 aromatic heterocycles. The van der Waals surface area contributed by atoms with Crippen molar-refractivity contribution < 1.29 is 4.79 Å². The van der Waals surface area contributed by atoms with Crippen molar-refractivity contribution in [3.05, 3.63) is 24.3 Å². The van der Waals surface area contributed by atoms with E-state index in [2.05, 4.69) is 22.3 Å². The molecule has 1 saturated heterocycles. The number of benzene rings is 1. The van der Waals surface area contributed by atoms with Crippen LogP contribution in [-0.2, 0) is 4.79 Å². The van der Waals surface area contributed by atoms with Crippen LogP contribution in [0.5, 0.6) is 0 Å². The first-order chi connectivity index (χ1) is 10.2. The van der Waals surface area contributed by atoms with Gasteiger partial charge in [-0.1, -0.05) is 12.5 Å². The van der Waals surface area contributed by atoms with Gasteiger partial charge in [0.15, 0.2) is 0 Å². The fraction of sp³-hybridized carbons (Fsp3) is 0.588. The van der Waals surface area contributed by atoms with Crippen LogP contribution in [0.2, 0.25) is 0 Å². The average molecular weight is 287 g/mol. The Morgan fingerprint density at radius 2 is 2.00 bits per heavy atom. The van der Waals surface area contributed by atoms with Gasteiger partial charge in [0.25, 0.3) is 0 Å². The number of nitrogens with two attached hydrogens (primary N) is 1. The van der Waals surface area contributed by atoms with Crippen LogP contribution in [0.25, 0.3) is 0 Å². The quantitative estimate of drug-likeness (QED) is 0.875. The molecule has 0 radical (unpaired) electrons. The summed E-state index contributed by atoms with van der Waals surface area (Å²) in [7, 11) is 0. The average Bonchev–Trinajstić information content (AvgIpc) is 2.97. The van der Waals surface area contributed by atoms with Gasteiger partial charge in [0.1, 0.15) is 0 Å². The predicted octanol–water partition coefficient (Wildman–Crippen LogP) is 2.74. The van der Waals surface area contributed by atoms with Crippen molar-refractivity contribution in [1.29, 1.82) is 0 Å². The molecule has 3 N–H and O–H groups in total. The zero-order valence-electron chi connectivity index (χ0n) is 12.6. The van der Waals surface area contributed by atoms with Crippen LogP contribution in [0.15, 0.2) is 24.3 Å². The van der Waals surface area contributed by atoms with Gasteiger partial charge in [-0.05, 0) is 55.8 Å². The summed E-state index contributed by atoms with van der Waals surface area (Å²) in [6.45, 7) is 2.86. The van der Waals surface area contributed by atoms with Crippen LogP contribution < -0.4 is 16.0 Å². The molecule has 1 aromatic rings. The number of nitrogens with zero attached hydrogens (tertiary/aromatic N) is 1. The standard InChI is InChI=1S/C17H25N3O/c18-13-17(7-4-8-17)12-16(21)19-14-5-3-6-15(11-14)20-9-1-2-10-20/h3,5-6,11H,1-2,4,7-10,12-13,18H2,(H,19,21). The minimum atomic E-state index is 0.0661. The Morgan fingerprint density at radius 1 is 1.24 bits per heavy atom. The van der Waals surface area contributed by atoms with Gasteiger partial charge in [-0.2, -0.15) is 0 Å². The second kappa shape index (κ2) is 6.06. The molecule has 114 valence electrons. The summed E-state index contributed by atoms with van der Waals surface area (Å²) in [5, 5.41) is 3.04. The molecule has 1 aliphatic carbocycles. The van der Waals surface area contributed by atoms with Crippen LogP contribution in [-0.4, -0.2) is 25.5 Å². The maximum absolute atomic E-state index is 12.2. The highest BCUT2D eigenvalue weighted by Gasteiger charge is 2.37. The fourth-order valence-electron chi connectivity index (χ4n) is 3.43. The fourth-order valence-corrected chi connectivity index (χ4v) is 3.43. The number of nitrogens with one attached hydrogen (secondary N) is 1. The van der Waals surface area contributed by atoms with Gasteiger partial charge < -0.3 is 16.0 Å². The Balaban J connectivity index is 1.61. The second-order valence-corrected chi connectivity index (χ2v) is 6.53. The molecule has 3 rings (SSSR count). The molecule has 1 heterocycles. The summed E-state index contributed by atoms with van der Waals surface area (Å²) in [4.78, 5) is 14.6. The summed E-state index contributed by atoms with van der Waals surface area (Å²) in [6.07, 6.45) is 6.45. The number of amides is 1. The Hall–Kier alpha value is -1.55. The van der Waals surface area contributed by atoms with Crippen LogP contribution >= 0.6 is 0 Å². The van der Waals surface area contributed by atoms with Crippen molar-refractivity contribution in [3.63, 3.8) is 0 Å². The van der Waals surface area contributed by atoms with Gasteiger partial charge in [0.2, 0.25) is 5.91 Å². The molecule has 0 spiro atoms. The van der Waals surface area contributed by atoms with E-state index in [4.69, 9.17) is 5.73 Å². The van der Waals surface area contributed by atoms with Crippen molar-refractivity contribution in [2.24, 2.45) is 11.1 Å². The Labute approximate surface area is 126 Å². The van der Waals surface area contributed by atoms with E-state index >= 15 is 0 Å². The second-order valence-electron chi connectivity index (χ2n) is 6.53. The SMILES string of the molecule is NCC1(CC(=O)Nc2cccc(N3CCCC3)c2)CCC1. The third-order valence-electron chi connectivity index (χ3n) is 4.98. The molecular formula is C17H25N3O. The normalized spacial score (nSPS) is 20.1. The largest absolute Gasteiger partial charge is 0.371 e. The summed E-state index contributed by atoms with van der Waals surface area (Å²) >= 11 is 0.